The lowest BCUT2D eigenvalue weighted by Crippen LogP contribution is -2.50. The van der Waals surface area contributed by atoms with Gasteiger partial charge in [-0.25, -0.2) is 0 Å². The van der Waals surface area contributed by atoms with Gasteiger partial charge in [-0.1, -0.05) is 0 Å². The number of hydrogen-bond acceptors (Lipinski definition) is 3. The Balaban J connectivity index is 0.000000845. The molecule has 2 rings (SSSR count). The molecule has 2 saturated heterocycles. The van der Waals surface area contributed by atoms with Gasteiger partial charge in [-0.3, -0.25) is 9.69 Å². The first-order chi connectivity index (χ1) is 5.88. The first-order valence-electron chi connectivity index (χ1n) is 4.60. The van der Waals surface area contributed by atoms with Gasteiger partial charge in [0.25, 0.3) is 0 Å². The van der Waals surface area contributed by atoms with Gasteiger partial charge >= 0.3 is 0 Å². The summed E-state index contributed by atoms with van der Waals surface area (Å²) in [5, 5.41) is 6.15. The quantitative estimate of drug-likeness (QED) is 0.659. The SMILES string of the molecule is Cl.Cl.O=C1NCCC1N1CCNCC1. The molecule has 0 aromatic carbocycles. The maximum absolute atomic E-state index is 11.3. The van der Waals surface area contributed by atoms with Crippen LogP contribution in [0.3, 0.4) is 0 Å². The summed E-state index contributed by atoms with van der Waals surface area (Å²) in [4.78, 5) is 13.6. The molecule has 2 heterocycles. The van der Waals surface area contributed by atoms with Crippen LogP contribution in [0.15, 0.2) is 0 Å². The summed E-state index contributed by atoms with van der Waals surface area (Å²) in [6.45, 7) is 4.91. The molecule has 4 nitrogen and oxygen atoms in total. The van der Waals surface area contributed by atoms with Gasteiger partial charge in [0, 0.05) is 32.7 Å². The molecular formula is C8H17Cl2N3O. The van der Waals surface area contributed by atoms with Crippen LogP contribution in [-0.2, 0) is 4.79 Å². The van der Waals surface area contributed by atoms with Gasteiger partial charge in [-0.05, 0) is 6.42 Å². The lowest BCUT2D eigenvalue weighted by atomic mass is 10.2. The summed E-state index contributed by atoms with van der Waals surface area (Å²) in [5.74, 6) is 0.219. The molecule has 2 N–H and O–H groups in total. The number of nitrogens with one attached hydrogen (secondary N) is 2. The zero-order chi connectivity index (χ0) is 8.39. The lowest BCUT2D eigenvalue weighted by Gasteiger charge is -2.30. The molecule has 6 heteroatoms. The second-order valence-corrected chi connectivity index (χ2v) is 3.38. The van der Waals surface area contributed by atoms with Gasteiger partial charge in [-0.15, -0.1) is 24.8 Å². The van der Waals surface area contributed by atoms with Gasteiger partial charge in [0.05, 0.1) is 6.04 Å². The Morgan fingerprint density at radius 1 is 1.14 bits per heavy atom. The maximum Gasteiger partial charge on any atom is 0.237 e. The molecule has 0 aromatic heterocycles. The van der Waals surface area contributed by atoms with E-state index >= 15 is 0 Å². The Bertz CT molecular complexity index is 185. The van der Waals surface area contributed by atoms with Crippen molar-refractivity contribution < 1.29 is 4.79 Å². The van der Waals surface area contributed by atoms with Crippen molar-refractivity contribution in [1.82, 2.24) is 15.5 Å². The molecule has 1 atom stereocenters. The highest BCUT2D eigenvalue weighted by Crippen LogP contribution is 2.09. The predicted molar refractivity (Wildman–Crippen MR) is 60.4 cm³/mol. The van der Waals surface area contributed by atoms with Crippen LogP contribution in [0.1, 0.15) is 6.42 Å². The van der Waals surface area contributed by atoms with Gasteiger partial charge in [0.15, 0.2) is 0 Å². The van der Waals surface area contributed by atoms with Gasteiger partial charge in [-0.2, -0.15) is 0 Å². The second-order valence-electron chi connectivity index (χ2n) is 3.38. The lowest BCUT2D eigenvalue weighted by molar-refractivity contribution is -0.123. The standard InChI is InChI=1S/C8H15N3O.2ClH/c12-8-7(1-2-10-8)11-5-3-9-4-6-11;;/h7,9H,1-6H2,(H,10,12);2*1H. The minimum absolute atomic E-state index is 0. The topological polar surface area (TPSA) is 44.4 Å². The molecule has 0 aliphatic carbocycles. The molecule has 0 saturated carbocycles. The molecule has 0 radical (unpaired) electrons. The van der Waals surface area contributed by atoms with Crippen molar-refractivity contribution in [3.8, 4) is 0 Å². The van der Waals surface area contributed by atoms with Crippen LogP contribution >= 0.6 is 24.8 Å². The summed E-state index contributed by atoms with van der Waals surface area (Å²) in [6, 6.07) is 0.159. The van der Waals surface area contributed by atoms with Gasteiger partial charge < -0.3 is 10.6 Å². The zero-order valence-corrected chi connectivity index (χ0v) is 9.62. The van der Waals surface area contributed by atoms with E-state index in [1.807, 2.05) is 0 Å². The number of carbonyl (C=O) groups excluding carboxylic acids is 1. The average molecular weight is 242 g/mol. The van der Waals surface area contributed by atoms with Crippen molar-refractivity contribution >= 4 is 30.7 Å². The molecular weight excluding hydrogens is 225 g/mol. The number of carbonyl (C=O) groups is 1. The van der Waals surface area contributed by atoms with Crippen LogP contribution in [0.4, 0.5) is 0 Å². The molecule has 0 aromatic rings. The van der Waals surface area contributed by atoms with Crippen LogP contribution in [0.2, 0.25) is 0 Å². The van der Waals surface area contributed by atoms with E-state index in [1.54, 1.807) is 0 Å². The highest BCUT2D eigenvalue weighted by atomic mass is 35.5. The summed E-state index contributed by atoms with van der Waals surface area (Å²) in [7, 11) is 0. The summed E-state index contributed by atoms with van der Waals surface area (Å²) < 4.78 is 0. The molecule has 1 amide bonds. The van der Waals surface area contributed by atoms with Gasteiger partial charge in [0.2, 0.25) is 5.91 Å². The van der Waals surface area contributed by atoms with Crippen molar-refractivity contribution in [2.75, 3.05) is 32.7 Å². The number of hydrogen-bond donors (Lipinski definition) is 2. The highest BCUT2D eigenvalue weighted by Gasteiger charge is 2.30. The van der Waals surface area contributed by atoms with Crippen molar-refractivity contribution in [2.24, 2.45) is 0 Å². The van der Waals surface area contributed by atoms with Crippen LogP contribution in [0.5, 0.6) is 0 Å². The largest absolute Gasteiger partial charge is 0.355 e. The normalized spacial score (nSPS) is 27.4. The molecule has 0 bridgehead atoms. The first kappa shape index (κ1) is 14.0. The molecule has 2 fully saturated rings. The van der Waals surface area contributed by atoms with Crippen molar-refractivity contribution in [2.45, 2.75) is 12.5 Å². The highest BCUT2D eigenvalue weighted by molar-refractivity contribution is 5.85. The number of rotatable bonds is 1. The predicted octanol–water partition coefficient (Wildman–Crippen LogP) is -0.376. The zero-order valence-electron chi connectivity index (χ0n) is 7.99. The molecule has 0 spiro atoms. The van der Waals surface area contributed by atoms with E-state index in [0.29, 0.717) is 0 Å². The number of amides is 1. The minimum Gasteiger partial charge on any atom is -0.355 e. The van der Waals surface area contributed by atoms with Crippen LogP contribution in [0.25, 0.3) is 0 Å². The number of nitrogens with zero attached hydrogens (tertiary/aromatic N) is 1. The van der Waals surface area contributed by atoms with Crippen molar-refractivity contribution in [3.05, 3.63) is 0 Å². The van der Waals surface area contributed by atoms with E-state index < -0.39 is 0 Å². The van der Waals surface area contributed by atoms with Crippen molar-refractivity contribution in [3.63, 3.8) is 0 Å². The molecule has 1 unspecified atom stereocenters. The van der Waals surface area contributed by atoms with E-state index in [1.165, 1.54) is 0 Å². The molecule has 2 aliphatic rings. The first-order valence-corrected chi connectivity index (χ1v) is 4.60. The molecule has 84 valence electrons. The third-order valence-corrected chi connectivity index (χ3v) is 2.61. The minimum atomic E-state index is 0. The number of piperazine rings is 1. The molecule has 14 heavy (non-hydrogen) atoms. The Labute approximate surface area is 96.6 Å². The third-order valence-electron chi connectivity index (χ3n) is 2.61. The Kier molecular flexibility index (Phi) is 6.44. The second kappa shape index (κ2) is 6.45. The fourth-order valence-corrected chi connectivity index (χ4v) is 1.92. The van der Waals surface area contributed by atoms with E-state index in [9.17, 15) is 4.79 Å². The van der Waals surface area contributed by atoms with E-state index in [0.717, 1.165) is 39.1 Å². The van der Waals surface area contributed by atoms with E-state index in [4.69, 9.17) is 0 Å². The molecule has 2 aliphatic heterocycles. The van der Waals surface area contributed by atoms with Crippen LogP contribution in [-0.4, -0.2) is 49.6 Å². The summed E-state index contributed by atoms with van der Waals surface area (Å²) in [6.07, 6.45) is 0.985. The van der Waals surface area contributed by atoms with E-state index in [2.05, 4.69) is 15.5 Å². The Morgan fingerprint density at radius 2 is 1.79 bits per heavy atom. The summed E-state index contributed by atoms with van der Waals surface area (Å²) >= 11 is 0. The fraction of sp³-hybridized carbons (Fsp3) is 0.875. The third kappa shape index (κ3) is 2.98. The smallest absolute Gasteiger partial charge is 0.237 e. The van der Waals surface area contributed by atoms with Crippen molar-refractivity contribution in [1.29, 1.82) is 0 Å². The fourth-order valence-electron chi connectivity index (χ4n) is 1.92. The van der Waals surface area contributed by atoms with Crippen LogP contribution < -0.4 is 10.6 Å². The van der Waals surface area contributed by atoms with Gasteiger partial charge in [0.1, 0.15) is 0 Å². The Hall–Kier alpha value is -0.0300. The Morgan fingerprint density at radius 3 is 2.29 bits per heavy atom. The van der Waals surface area contributed by atoms with E-state index in [-0.39, 0.29) is 36.8 Å². The summed E-state index contributed by atoms with van der Waals surface area (Å²) in [5.41, 5.74) is 0. The number of halogens is 2. The van der Waals surface area contributed by atoms with Crippen LogP contribution in [0, 0.1) is 0 Å². The average Bonchev–Trinajstić information content (AvgIpc) is 2.53. The monoisotopic (exact) mass is 241 g/mol. The maximum atomic E-state index is 11.3.